The molecule has 2 unspecified atom stereocenters. The molecular formula is C28H28Cl2N4O3S. The molecule has 0 spiro atoms. The topological polar surface area (TPSA) is 74.2 Å². The van der Waals surface area contributed by atoms with Crippen LogP contribution in [0.2, 0.25) is 10.0 Å². The van der Waals surface area contributed by atoms with Crippen LogP contribution in [0.3, 0.4) is 0 Å². The number of carbonyl (C=O) groups excluding carboxylic acids is 2. The second-order valence-corrected chi connectivity index (χ2v) is 12.4. The van der Waals surface area contributed by atoms with E-state index in [0.29, 0.717) is 28.2 Å². The molecule has 4 aliphatic heterocycles. The van der Waals surface area contributed by atoms with Crippen molar-refractivity contribution in [2.75, 3.05) is 19.8 Å². The van der Waals surface area contributed by atoms with E-state index in [-0.39, 0.29) is 42.4 Å². The number of hydrogen-bond acceptors (Lipinski definition) is 6. The molecule has 1 N–H and O–H groups in total. The monoisotopic (exact) mass is 570 g/mol. The summed E-state index contributed by atoms with van der Waals surface area (Å²) in [6.45, 7) is 7.16. The van der Waals surface area contributed by atoms with E-state index in [1.165, 1.54) is 11.8 Å². The van der Waals surface area contributed by atoms with E-state index in [1.807, 2.05) is 48.5 Å². The Morgan fingerprint density at radius 3 is 2.42 bits per heavy atom. The summed E-state index contributed by atoms with van der Waals surface area (Å²) >= 11 is 13.9. The average Bonchev–Trinajstić information content (AvgIpc) is 3.56. The number of aliphatic imine (C=N–C) groups is 1. The van der Waals surface area contributed by atoms with Gasteiger partial charge in [0.05, 0.1) is 31.3 Å². The fourth-order valence-corrected chi connectivity index (χ4v) is 7.54. The van der Waals surface area contributed by atoms with Gasteiger partial charge in [0.15, 0.2) is 5.17 Å². The molecule has 4 aliphatic rings. The van der Waals surface area contributed by atoms with Crippen molar-refractivity contribution in [1.29, 1.82) is 0 Å². The van der Waals surface area contributed by atoms with E-state index in [2.05, 4.69) is 31.0 Å². The SMILES string of the molecule is CC(C)C1=C(C(=O)N2CC(=O)NC3COCC32)SC2=N[C@@](C)(c3ccc(Cl)cc3)[C@@H](c3ccc(Cl)cc3)N21. The standard InChI is InChI=1S/C28H28Cl2N4O3S/c1-15(2)23-24(26(36)33-12-22(35)31-20-13-37-14-21(20)33)38-27-32-28(3,17-6-10-19(30)11-7-17)25(34(23)27)16-4-8-18(29)9-5-16/h4-11,15,20-21,25H,12-14H2,1-3H3,(H,31,35)/t20?,21?,25-,28+/m1/s1. The molecule has 4 atom stereocenters. The van der Waals surface area contributed by atoms with Gasteiger partial charge in [-0.15, -0.1) is 0 Å². The Balaban J connectivity index is 1.45. The maximum Gasteiger partial charge on any atom is 0.263 e. The van der Waals surface area contributed by atoms with Crippen LogP contribution >= 0.6 is 35.0 Å². The maximum absolute atomic E-state index is 14.1. The van der Waals surface area contributed by atoms with Gasteiger partial charge in [-0.05, 0) is 60.0 Å². The molecule has 4 heterocycles. The molecule has 10 heteroatoms. The summed E-state index contributed by atoms with van der Waals surface area (Å²) in [6, 6.07) is 15.1. The maximum atomic E-state index is 14.1. The Kier molecular flexibility index (Phi) is 6.50. The summed E-state index contributed by atoms with van der Waals surface area (Å²) in [5.41, 5.74) is 2.35. The molecule has 0 saturated carbocycles. The Morgan fingerprint density at radius 2 is 1.76 bits per heavy atom. The Bertz CT molecular complexity index is 1360. The van der Waals surface area contributed by atoms with Gasteiger partial charge in [0.25, 0.3) is 5.91 Å². The number of fused-ring (bicyclic) bond motifs is 2. The van der Waals surface area contributed by atoms with Crippen molar-refractivity contribution in [2.45, 2.75) is 44.4 Å². The van der Waals surface area contributed by atoms with Gasteiger partial charge >= 0.3 is 0 Å². The Labute approximate surface area is 236 Å². The number of halogens is 2. The number of carbonyl (C=O) groups is 2. The Morgan fingerprint density at radius 1 is 1.11 bits per heavy atom. The van der Waals surface area contributed by atoms with Crippen molar-refractivity contribution in [2.24, 2.45) is 10.9 Å². The lowest BCUT2D eigenvalue weighted by Crippen LogP contribution is -2.61. The van der Waals surface area contributed by atoms with Gasteiger partial charge in [0.1, 0.15) is 17.0 Å². The van der Waals surface area contributed by atoms with Crippen molar-refractivity contribution >= 4 is 51.9 Å². The summed E-state index contributed by atoms with van der Waals surface area (Å²) in [7, 11) is 0. The highest BCUT2D eigenvalue weighted by Gasteiger charge is 2.54. The smallest absolute Gasteiger partial charge is 0.263 e. The molecule has 2 aromatic rings. The van der Waals surface area contributed by atoms with E-state index in [0.717, 1.165) is 22.0 Å². The summed E-state index contributed by atoms with van der Waals surface area (Å²) in [5.74, 6) is -0.271. The number of amidine groups is 1. The van der Waals surface area contributed by atoms with Crippen LogP contribution in [0.5, 0.6) is 0 Å². The van der Waals surface area contributed by atoms with Crippen molar-refractivity contribution < 1.29 is 14.3 Å². The van der Waals surface area contributed by atoms with Crippen molar-refractivity contribution in [3.05, 3.63) is 80.3 Å². The molecule has 0 aliphatic carbocycles. The molecule has 2 saturated heterocycles. The van der Waals surface area contributed by atoms with Gasteiger partial charge in [-0.2, -0.15) is 0 Å². The first-order valence-corrected chi connectivity index (χ1v) is 14.3. The predicted molar refractivity (Wildman–Crippen MR) is 150 cm³/mol. The number of piperazine rings is 1. The molecule has 6 rings (SSSR count). The first-order valence-electron chi connectivity index (χ1n) is 12.7. The van der Waals surface area contributed by atoms with E-state index < -0.39 is 5.54 Å². The zero-order chi connectivity index (χ0) is 26.8. The predicted octanol–water partition coefficient (Wildman–Crippen LogP) is 4.96. The summed E-state index contributed by atoms with van der Waals surface area (Å²) in [4.78, 5) is 36.3. The molecule has 2 aromatic carbocycles. The third-order valence-corrected chi connectivity index (χ3v) is 9.30. The van der Waals surface area contributed by atoms with Gasteiger partial charge < -0.3 is 19.9 Å². The average molecular weight is 572 g/mol. The second-order valence-electron chi connectivity index (χ2n) is 10.6. The molecule has 2 amide bonds. The number of hydrogen-bond donors (Lipinski definition) is 1. The van der Waals surface area contributed by atoms with Crippen molar-refractivity contribution in [1.82, 2.24) is 15.1 Å². The van der Waals surface area contributed by atoms with Crippen LogP contribution in [-0.4, -0.2) is 58.6 Å². The van der Waals surface area contributed by atoms with Crippen LogP contribution in [0.4, 0.5) is 0 Å². The van der Waals surface area contributed by atoms with Gasteiger partial charge in [0.2, 0.25) is 5.91 Å². The first kappa shape index (κ1) is 25.7. The highest BCUT2D eigenvalue weighted by molar-refractivity contribution is 8.18. The van der Waals surface area contributed by atoms with Crippen LogP contribution < -0.4 is 5.32 Å². The zero-order valence-electron chi connectivity index (χ0n) is 21.3. The minimum Gasteiger partial charge on any atom is -0.377 e. The minimum absolute atomic E-state index is 0.0222. The number of benzene rings is 2. The molecule has 198 valence electrons. The number of thioether (sulfide) groups is 1. The summed E-state index contributed by atoms with van der Waals surface area (Å²) < 4.78 is 5.62. The number of nitrogens with zero attached hydrogens (tertiary/aromatic N) is 3. The van der Waals surface area contributed by atoms with Gasteiger partial charge in [0, 0.05) is 15.7 Å². The molecule has 0 aromatic heterocycles. The van der Waals surface area contributed by atoms with Crippen LogP contribution in [0.15, 0.2) is 64.1 Å². The third kappa shape index (κ3) is 4.13. The summed E-state index contributed by atoms with van der Waals surface area (Å²) in [5, 5.41) is 5.05. The third-order valence-electron chi connectivity index (χ3n) is 7.74. The highest BCUT2D eigenvalue weighted by Crippen LogP contribution is 2.56. The molecule has 7 nitrogen and oxygen atoms in total. The van der Waals surface area contributed by atoms with Gasteiger partial charge in [-0.1, -0.05) is 61.3 Å². The lowest BCUT2D eigenvalue weighted by molar-refractivity contribution is -0.138. The molecule has 0 bridgehead atoms. The molecular weight excluding hydrogens is 543 g/mol. The lowest BCUT2D eigenvalue weighted by Gasteiger charge is -2.38. The number of nitrogens with one attached hydrogen (secondary N) is 1. The number of allylic oxidation sites excluding steroid dienone is 1. The van der Waals surface area contributed by atoms with Crippen LogP contribution in [0.1, 0.15) is 37.9 Å². The zero-order valence-corrected chi connectivity index (χ0v) is 23.6. The second kappa shape index (κ2) is 9.59. The number of amides is 2. The lowest BCUT2D eigenvalue weighted by atomic mass is 9.81. The molecule has 38 heavy (non-hydrogen) atoms. The van der Waals surface area contributed by atoms with Crippen molar-refractivity contribution in [3.8, 4) is 0 Å². The van der Waals surface area contributed by atoms with E-state index in [9.17, 15) is 9.59 Å². The normalized spacial score (nSPS) is 28.5. The van der Waals surface area contributed by atoms with Gasteiger partial charge in [-0.3, -0.25) is 9.59 Å². The van der Waals surface area contributed by atoms with E-state index >= 15 is 0 Å². The van der Waals surface area contributed by atoms with Crippen LogP contribution in [0.25, 0.3) is 0 Å². The van der Waals surface area contributed by atoms with E-state index in [4.69, 9.17) is 32.9 Å². The Hall–Kier alpha value is -2.52. The fraction of sp³-hybridized carbons (Fsp3) is 0.393. The largest absolute Gasteiger partial charge is 0.377 e. The van der Waals surface area contributed by atoms with Gasteiger partial charge in [-0.25, -0.2) is 4.99 Å². The number of ether oxygens (including phenoxy) is 1. The molecule has 2 fully saturated rings. The van der Waals surface area contributed by atoms with Crippen LogP contribution in [-0.2, 0) is 19.9 Å². The van der Waals surface area contributed by atoms with Crippen LogP contribution in [0, 0.1) is 5.92 Å². The van der Waals surface area contributed by atoms with E-state index in [1.54, 1.807) is 4.90 Å². The van der Waals surface area contributed by atoms with Crippen molar-refractivity contribution in [3.63, 3.8) is 0 Å². The first-order chi connectivity index (χ1) is 18.2. The minimum atomic E-state index is -0.634. The summed E-state index contributed by atoms with van der Waals surface area (Å²) in [6.07, 6.45) is 0. The quantitative estimate of drug-likeness (QED) is 0.562. The fourth-order valence-electron chi connectivity index (χ4n) is 5.93. The number of rotatable bonds is 4. The highest BCUT2D eigenvalue weighted by atomic mass is 35.5. The molecule has 0 radical (unpaired) electrons.